The summed E-state index contributed by atoms with van der Waals surface area (Å²) in [7, 11) is 0. The van der Waals surface area contributed by atoms with E-state index in [1.807, 2.05) is 24.3 Å². The van der Waals surface area contributed by atoms with Crippen molar-refractivity contribution in [2.24, 2.45) is 5.92 Å². The predicted molar refractivity (Wildman–Crippen MR) is 80.2 cm³/mol. The van der Waals surface area contributed by atoms with E-state index >= 15 is 0 Å². The highest BCUT2D eigenvalue weighted by molar-refractivity contribution is 9.10. The Labute approximate surface area is 121 Å². The van der Waals surface area contributed by atoms with Crippen molar-refractivity contribution in [2.75, 3.05) is 0 Å². The second-order valence-corrected chi connectivity index (χ2v) is 5.96. The molecule has 19 heavy (non-hydrogen) atoms. The van der Waals surface area contributed by atoms with Crippen LogP contribution in [0.25, 0.3) is 0 Å². The van der Waals surface area contributed by atoms with Gasteiger partial charge in [-0.25, -0.2) is 0 Å². The summed E-state index contributed by atoms with van der Waals surface area (Å²) in [6.07, 6.45) is 2.33. The van der Waals surface area contributed by atoms with Crippen LogP contribution in [0.4, 0.5) is 0 Å². The van der Waals surface area contributed by atoms with Gasteiger partial charge in [-0.2, -0.15) is 0 Å². The molecule has 0 saturated carbocycles. The summed E-state index contributed by atoms with van der Waals surface area (Å²) in [5, 5.41) is 0. The average Bonchev–Trinajstić information content (AvgIpc) is 2.85. The van der Waals surface area contributed by atoms with E-state index in [4.69, 9.17) is 0 Å². The van der Waals surface area contributed by atoms with Crippen LogP contribution in [0.1, 0.15) is 16.7 Å². The highest BCUT2D eigenvalue weighted by Crippen LogP contribution is 2.28. The van der Waals surface area contributed by atoms with E-state index in [1.54, 1.807) is 0 Å². The minimum absolute atomic E-state index is 0.157. The minimum atomic E-state index is 0.157. The van der Waals surface area contributed by atoms with Crippen molar-refractivity contribution in [1.82, 2.24) is 0 Å². The summed E-state index contributed by atoms with van der Waals surface area (Å²) in [6.45, 7) is 0. The Morgan fingerprint density at radius 3 is 2.21 bits per heavy atom. The van der Waals surface area contributed by atoms with Crippen molar-refractivity contribution in [1.29, 1.82) is 0 Å². The lowest BCUT2D eigenvalue weighted by molar-refractivity contribution is -0.121. The number of hydrogen-bond donors (Lipinski definition) is 0. The van der Waals surface area contributed by atoms with E-state index in [2.05, 4.69) is 40.2 Å². The second kappa shape index (κ2) is 5.30. The van der Waals surface area contributed by atoms with E-state index < -0.39 is 0 Å². The normalized spacial score (nSPS) is 14.4. The summed E-state index contributed by atoms with van der Waals surface area (Å²) >= 11 is 3.51. The molecule has 0 spiro atoms. The number of Topliss-reactive ketones (excluding diaryl/α,β-unsaturated/α-hetero) is 1. The zero-order valence-electron chi connectivity index (χ0n) is 10.6. The summed E-state index contributed by atoms with van der Waals surface area (Å²) in [6, 6.07) is 16.4. The smallest absolute Gasteiger partial charge is 0.141 e. The first-order valence-electron chi connectivity index (χ1n) is 6.57. The van der Waals surface area contributed by atoms with Gasteiger partial charge < -0.3 is 0 Å². The van der Waals surface area contributed by atoms with Gasteiger partial charge in [0.1, 0.15) is 5.78 Å². The van der Waals surface area contributed by atoms with Crippen LogP contribution in [0.2, 0.25) is 0 Å². The summed E-state index contributed by atoms with van der Waals surface area (Å²) < 4.78 is 1.03. The van der Waals surface area contributed by atoms with Crippen LogP contribution in [-0.2, 0) is 24.1 Å². The van der Waals surface area contributed by atoms with Crippen molar-refractivity contribution < 1.29 is 4.79 Å². The molecule has 3 rings (SSSR count). The monoisotopic (exact) mass is 314 g/mol. The first-order valence-corrected chi connectivity index (χ1v) is 7.36. The van der Waals surface area contributed by atoms with Crippen molar-refractivity contribution in [2.45, 2.75) is 19.3 Å². The maximum absolute atomic E-state index is 12.4. The third kappa shape index (κ3) is 2.64. The number of carbonyl (C=O) groups excluding carboxylic acids is 1. The fourth-order valence-corrected chi connectivity index (χ4v) is 3.19. The molecular weight excluding hydrogens is 300 g/mol. The summed E-state index contributed by atoms with van der Waals surface area (Å²) in [5.41, 5.74) is 3.77. The van der Waals surface area contributed by atoms with Crippen LogP contribution in [0, 0.1) is 5.92 Å². The molecular formula is C17H15BrO. The maximum Gasteiger partial charge on any atom is 0.141 e. The standard InChI is InChI=1S/C17H15BrO/c18-16-8-4-3-7-14(16)11-17(19)15-9-12-5-1-2-6-13(12)10-15/h1-8,15H,9-11H2. The van der Waals surface area contributed by atoms with Crippen LogP contribution in [0.15, 0.2) is 53.0 Å². The molecule has 0 aromatic heterocycles. The number of ketones is 1. The molecule has 2 aromatic carbocycles. The summed E-state index contributed by atoms with van der Waals surface area (Å²) in [5.74, 6) is 0.507. The van der Waals surface area contributed by atoms with Gasteiger partial charge in [0.25, 0.3) is 0 Å². The first-order chi connectivity index (χ1) is 9.24. The Morgan fingerprint density at radius 2 is 1.58 bits per heavy atom. The fraction of sp³-hybridized carbons (Fsp3) is 0.235. The molecule has 1 aliphatic carbocycles. The largest absolute Gasteiger partial charge is 0.299 e. The molecule has 1 nitrogen and oxygen atoms in total. The van der Waals surface area contributed by atoms with E-state index in [9.17, 15) is 4.79 Å². The van der Waals surface area contributed by atoms with Gasteiger partial charge in [-0.3, -0.25) is 4.79 Å². The molecule has 0 fully saturated rings. The van der Waals surface area contributed by atoms with Gasteiger partial charge in [0.15, 0.2) is 0 Å². The van der Waals surface area contributed by atoms with Crippen LogP contribution in [0.5, 0.6) is 0 Å². The Kier molecular flexibility index (Phi) is 3.52. The lowest BCUT2D eigenvalue weighted by Gasteiger charge is -2.09. The third-order valence-corrected chi connectivity index (χ3v) is 4.60. The van der Waals surface area contributed by atoms with Gasteiger partial charge in [0.05, 0.1) is 0 Å². The van der Waals surface area contributed by atoms with Crippen LogP contribution in [-0.4, -0.2) is 5.78 Å². The van der Waals surface area contributed by atoms with Crippen LogP contribution >= 0.6 is 15.9 Å². The van der Waals surface area contributed by atoms with Gasteiger partial charge in [-0.1, -0.05) is 58.4 Å². The highest BCUT2D eigenvalue weighted by Gasteiger charge is 2.26. The van der Waals surface area contributed by atoms with E-state index in [-0.39, 0.29) is 5.92 Å². The lowest BCUT2D eigenvalue weighted by atomic mass is 9.95. The average molecular weight is 315 g/mol. The van der Waals surface area contributed by atoms with Gasteiger partial charge >= 0.3 is 0 Å². The van der Waals surface area contributed by atoms with Crippen molar-refractivity contribution in [3.63, 3.8) is 0 Å². The number of halogens is 1. The number of rotatable bonds is 3. The number of hydrogen-bond acceptors (Lipinski definition) is 1. The molecule has 0 aliphatic heterocycles. The molecule has 0 radical (unpaired) electrons. The van der Waals surface area contributed by atoms with E-state index in [0.29, 0.717) is 12.2 Å². The second-order valence-electron chi connectivity index (χ2n) is 5.11. The van der Waals surface area contributed by atoms with Crippen molar-refractivity contribution >= 4 is 21.7 Å². The summed E-state index contributed by atoms with van der Waals surface area (Å²) in [4.78, 5) is 12.4. The lowest BCUT2D eigenvalue weighted by Crippen LogP contribution is -2.17. The third-order valence-electron chi connectivity index (χ3n) is 3.83. The molecule has 0 unspecified atom stereocenters. The van der Waals surface area contributed by atoms with Crippen LogP contribution < -0.4 is 0 Å². The Hall–Kier alpha value is -1.41. The topological polar surface area (TPSA) is 17.1 Å². The maximum atomic E-state index is 12.4. The van der Waals surface area contributed by atoms with Gasteiger partial charge in [-0.15, -0.1) is 0 Å². The van der Waals surface area contributed by atoms with Gasteiger partial charge in [-0.05, 0) is 35.6 Å². The molecule has 0 bridgehead atoms. The van der Waals surface area contributed by atoms with E-state index in [1.165, 1.54) is 11.1 Å². The molecule has 0 heterocycles. The minimum Gasteiger partial charge on any atom is -0.299 e. The van der Waals surface area contributed by atoms with Crippen molar-refractivity contribution in [3.8, 4) is 0 Å². The molecule has 0 amide bonds. The fourth-order valence-electron chi connectivity index (χ4n) is 2.76. The zero-order chi connectivity index (χ0) is 13.2. The molecule has 96 valence electrons. The van der Waals surface area contributed by atoms with Crippen LogP contribution in [0.3, 0.4) is 0 Å². The van der Waals surface area contributed by atoms with Gasteiger partial charge in [0, 0.05) is 16.8 Å². The Balaban J connectivity index is 1.72. The molecule has 2 aromatic rings. The number of fused-ring (bicyclic) bond motifs is 1. The van der Waals surface area contributed by atoms with E-state index in [0.717, 1.165) is 22.9 Å². The molecule has 0 N–H and O–H groups in total. The quantitative estimate of drug-likeness (QED) is 0.837. The Bertz CT molecular complexity index is 593. The molecule has 2 heteroatoms. The predicted octanol–water partition coefficient (Wildman–Crippen LogP) is 3.98. The van der Waals surface area contributed by atoms with Crippen molar-refractivity contribution in [3.05, 3.63) is 69.7 Å². The zero-order valence-corrected chi connectivity index (χ0v) is 12.2. The number of benzene rings is 2. The Morgan fingerprint density at radius 1 is 1.00 bits per heavy atom. The SMILES string of the molecule is O=C(Cc1ccccc1Br)C1Cc2ccccc2C1. The van der Waals surface area contributed by atoms with Gasteiger partial charge in [0.2, 0.25) is 0 Å². The molecule has 0 saturated heterocycles. The first kappa shape index (κ1) is 12.6. The molecule has 1 aliphatic rings. The highest BCUT2D eigenvalue weighted by atomic mass is 79.9. The molecule has 0 atom stereocenters. The number of carbonyl (C=O) groups is 1.